The summed E-state index contributed by atoms with van der Waals surface area (Å²) in [7, 11) is 2.08. The minimum Gasteiger partial charge on any atom is -0.368 e. The van der Waals surface area contributed by atoms with E-state index in [1.54, 1.807) is 12.4 Å². The van der Waals surface area contributed by atoms with Crippen molar-refractivity contribution in [1.29, 1.82) is 0 Å². The van der Waals surface area contributed by atoms with Crippen molar-refractivity contribution < 1.29 is 4.79 Å². The number of carbonyl (C=O) groups excluding carboxylic acids is 1. The number of hydrogen-bond donors (Lipinski definition) is 0. The number of nitrogens with zero attached hydrogens (tertiary/aromatic N) is 6. The molecule has 3 heterocycles. The largest absolute Gasteiger partial charge is 0.368 e. The lowest BCUT2D eigenvalue weighted by molar-refractivity contribution is 0.0658. The molecule has 0 saturated carbocycles. The second-order valence-corrected chi connectivity index (χ2v) is 8.05. The van der Waals surface area contributed by atoms with Gasteiger partial charge in [-0.2, -0.15) is 0 Å². The molecule has 2 aliphatic rings. The molecule has 29 heavy (non-hydrogen) atoms. The third kappa shape index (κ3) is 4.19. The van der Waals surface area contributed by atoms with Gasteiger partial charge in [0.25, 0.3) is 5.91 Å². The van der Waals surface area contributed by atoms with E-state index in [1.807, 2.05) is 4.90 Å². The molecule has 2 saturated heterocycles. The minimum absolute atomic E-state index is 0.0168. The number of aryl methyl sites for hydroxylation is 1. The molecule has 7 nitrogen and oxygen atoms in total. The standard InChI is InChI=1S/C22H30N6O/c1-17-5-4-6-20(18(17)2)26-11-13-27(14-12-26)21-16-23-19(15-24-21)22(29)28-9-7-25(3)8-10-28/h4-6,15-16H,7-14H2,1-3H3. The molecule has 1 aromatic carbocycles. The molecular formula is C22H30N6O. The van der Waals surface area contributed by atoms with Gasteiger partial charge in [0.2, 0.25) is 0 Å². The Hall–Kier alpha value is -2.67. The van der Waals surface area contributed by atoms with Crippen LogP contribution in [-0.4, -0.2) is 85.1 Å². The fraction of sp³-hybridized carbons (Fsp3) is 0.500. The molecule has 4 rings (SSSR count). The predicted molar refractivity (Wildman–Crippen MR) is 116 cm³/mol. The summed E-state index contributed by atoms with van der Waals surface area (Å²) in [5, 5.41) is 0. The number of rotatable bonds is 3. The molecule has 154 valence electrons. The van der Waals surface area contributed by atoms with Crippen LogP contribution in [0.1, 0.15) is 21.6 Å². The van der Waals surface area contributed by atoms with E-state index in [9.17, 15) is 4.79 Å². The van der Waals surface area contributed by atoms with Crippen molar-refractivity contribution in [2.75, 3.05) is 69.2 Å². The van der Waals surface area contributed by atoms with Crippen molar-refractivity contribution in [1.82, 2.24) is 19.8 Å². The first-order valence-electron chi connectivity index (χ1n) is 10.4. The van der Waals surface area contributed by atoms with Crippen LogP contribution in [-0.2, 0) is 0 Å². The summed E-state index contributed by atoms with van der Waals surface area (Å²) in [5.41, 5.74) is 4.44. The Morgan fingerprint density at radius 2 is 1.55 bits per heavy atom. The highest BCUT2D eigenvalue weighted by molar-refractivity contribution is 5.92. The zero-order valence-corrected chi connectivity index (χ0v) is 17.6. The van der Waals surface area contributed by atoms with Crippen LogP contribution in [0.4, 0.5) is 11.5 Å². The van der Waals surface area contributed by atoms with Crippen molar-refractivity contribution >= 4 is 17.4 Å². The number of hydrogen-bond acceptors (Lipinski definition) is 6. The van der Waals surface area contributed by atoms with E-state index >= 15 is 0 Å². The van der Waals surface area contributed by atoms with Crippen LogP contribution in [0.25, 0.3) is 0 Å². The molecule has 0 atom stereocenters. The average Bonchev–Trinajstić information content (AvgIpc) is 2.76. The van der Waals surface area contributed by atoms with Gasteiger partial charge < -0.3 is 19.6 Å². The first kappa shape index (κ1) is 19.6. The smallest absolute Gasteiger partial charge is 0.274 e. The Morgan fingerprint density at radius 1 is 0.862 bits per heavy atom. The van der Waals surface area contributed by atoms with Gasteiger partial charge in [-0.05, 0) is 38.1 Å². The lowest BCUT2D eigenvalue weighted by Gasteiger charge is -2.37. The molecule has 2 fully saturated rings. The molecule has 0 bridgehead atoms. The second-order valence-electron chi connectivity index (χ2n) is 8.05. The molecule has 1 amide bonds. The van der Waals surface area contributed by atoms with Crippen molar-refractivity contribution in [3.63, 3.8) is 0 Å². The van der Waals surface area contributed by atoms with Crippen LogP contribution in [0, 0.1) is 13.8 Å². The second kappa shape index (κ2) is 8.37. The zero-order valence-electron chi connectivity index (χ0n) is 17.6. The summed E-state index contributed by atoms with van der Waals surface area (Å²) in [5.74, 6) is 0.831. The maximum atomic E-state index is 12.6. The highest BCUT2D eigenvalue weighted by Gasteiger charge is 2.23. The molecular weight excluding hydrogens is 364 g/mol. The molecule has 0 aliphatic carbocycles. The van der Waals surface area contributed by atoms with E-state index < -0.39 is 0 Å². The summed E-state index contributed by atoms with van der Waals surface area (Å²) in [4.78, 5) is 30.4. The Balaban J connectivity index is 1.37. The van der Waals surface area contributed by atoms with Gasteiger partial charge in [0.1, 0.15) is 11.5 Å². The highest BCUT2D eigenvalue weighted by atomic mass is 16.2. The van der Waals surface area contributed by atoms with E-state index in [0.29, 0.717) is 5.69 Å². The van der Waals surface area contributed by atoms with Crippen LogP contribution in [0.15, 0.2) is 30.6 Å². The van der Waals surface area contributed by atoms with Gasteiger partial charge in [-0.25, -0.2) is 9.97 Å². The Morgan fingerprint density at radius 3 is 2.21 bits per heavy atom. The molecule has 7 heteroatoms. The Labute approximate surface area is 172 Å². The maximum Gasteiger partial charge on any atom is 0.274 e. The zero-order chi connectivity index (χ0) is 20.4. The van der Waals surface area contributed by atoms with Crippen molar-refractivity contribution in [2.24, 2.45) is 0 Å². The van der Waals surface area contributed by atoms with Gasteiger partial charge >= 0.3 is 0 Å². The lowest BCUT2D eigenvalue weighted by Crippen LogP contribution is -2.47. The van der Waals surface area contributed by atoms with E-state index in [1.165, 1.54) is 16.8 Å². The number of piperazine rings is 2. The topological polar surface area (TPSA) is 55.8 Å². The first-order valence-corrected chi connectivity index (χ1v) is 10.4. The summed E-state index contributed by atoms with van der Waals surface area (Å²) in [6.45, 7) is 11.4. The van der Waals surface area contributed by atoms with E-state index in [4.69, 9.17) is 0 Å². The van der Waals surface area contributed by atoms with E-state index in [0.717, 1.165) is 58.2 Å². The number of benzene rings is 1. The number of anilines is 2. The molecule has 2 aliphatic heterocycles. The number of likely N-dealkylation sites (N-methyl/N-ethyl adjacent to an activating group) is 1. The number of amides is 1. The number of carbonyl (C=O) groups is 1. The van der Waals surface area contributed by atoms with Gasteiger partial charge in [0.15, 0.2) is 0 Å². The minimum atomic E-state index is -0.0168. The summed E-state index contributed by atoms with van der Waals surface area (Å²) in [6.07, 6.45) is 3.38. The number of aromatic nitrogens is 2. The van der Waals surface area contributed by atoms with Gasteiger partial charge in [0, 0.05) is 58.0 Å². The van der Waals surface area contributed by atoms with Crippen molar-refractivity contribution in [3.8, 4) is 0 Å². The van der Waals surface area contributed by atoms with Gasteiger partial charge in [-0.1, -0.05) is 12.1 Å². The van der Waals surface area contributed by atoms with E-state index in [-0.39, 0.29) is 5.91 Å². The third-order valence-electron chi connectivity index (χ3n) is 6.17. The molecule has 1 aromatic heterocycles. The quantitative estimate of drug-likeness (QED) is 0.791. The van der Waals surface area contributed by atoms with Crippen LogP contribution in [0.5, 0.6) is 0 Å². The summed E-state index contributed by atoms with van der Waals surface area (Å²) < 4.78 is 0. The van der Waals surface area contributed by atoms with Crippen molar-refractivity contribution in [3.05, 3.63) is 47.4 Å². The normalized spacial score (nSPS) is 18.2. The molecule has 0 N–H and O–H groups in total. The van der Waals surface area contributed by atoms with E-state index in [2.05, 4.69) is 63.8 Å². The predicted octanol–water partition coefficient (Wildman–Crippen LogP) is 1.81. The molecule has 2 aromatic rings. The summed E-state index contributed by atoms with van der Waals surface area (Å²) in [6, 6.07) is 6.50. The summed E-state index contributed by atoms with van der Waals surface area (Å²) >= 11 is 0. The van der Waals surface area contributed by atoms with Gasteiger partial charge in [0.05, 0.1) is 12.4 Å². The monoisotopic (exact) mass is 394 g/mol. The Kier molecular flexibility index (Phi) is 5.67. The van der Waals surface area contributed by atoms with Gasteiger partial charge in [-0.3, -0.25) is 4.79 Å². The average molecular weight is 395 g/mol. The Bertz CT molecular complexity index is 852. The van der Waals surface area contributed by atoms with Crippen LogP contribution in [0.2, 0.25) is 0 Å². The van der Waals surface area contributed by atoms with Crippen LogP contribution in [0.3, 0.4) is 0 Å². The fourth-order valence-electron chi connectivity index (χ4n) is 4.02. The third-order valence-corrected chi connectivity index (χ3v) is 6.17. The molecule has 0 spiro atoms. The van der Waals surface area contributed by atoms with Crippen LogP contribution >= 0.6 is 0 Å². The van der Waals surface area contributed by atoms with Crippen LogP contribution < -0.4 is 9.80 Å². The first-order chi connectivity index (χ1) is 14.0. The van der Waals surface area contributed by atoms with Crippen molar-refractivity contribution in [2.45, 2.75) is 13.8 Å². The highest BCUT2D eigenvalue weighted by Crippen LogP contribution is 2.24. The SMILES string of the molecule is Cc1cccc(N2CCN(c3cnc(C(=O)N4CCN(C)CC4)cn3)CC2)c1C. The molecule has 0 radical (unpaired) electrons. The lowest BCUT2D eigenvalue weighted by atomic mass is 10.1. The van der Waals surface area contributed by atoms with Gasteiger partial charge in [-0.15, -0.1) is 0 Å². The fourth-order valence-corrected chi connectivity index (χ4v) is 4.02. The molecule has 0 unspecified atom stereocenters. The maximum absolute atomic E-state index is 12.6.